The minimum absolute atomic E-state index is 0.0464. The molecule has 1 heterocycles. The lowest BCUT2D eigenvalue weighted by Crippen LogP contribution is -2.23. The van der Waals surface area contributed by atoms with Crippen LogP contribution in [-0.4, -0.2) is 35.6 Å². The zero-order valence-corrected chi connectivity index (χ0v) is 18.5. The van der Waals surface area contributed by atoms with Gasteiger partial charge in [0.2, 0.25) is 0 Å². The van der Waals surface area contributed by atoms with Crippen molar-refractivity contribution in [2.75, 3.05) is 5.32 Å². The predicted molar refractivity (Wildman–Crippen MR) is 117 cm³/mol. The first-order chi connectivity index (χ1) is 16.9. The van der Waals surface area contributed by atoms with Crippen LogP contribution < -0.4 is 5.32 Å². The lowest BCUT2D eigenvalue weighted by atomic mass is 10.0. The SMILES string of the molecule is O=C(Nc1cc(F)c(F)c(C(=O)c2ccc3nccnc3c2)c1)c1cccc(S(=O)(=O)C(F)(F)F)c1. The van der Waals surface area contributed by atoms with Crippen molar-refractivity contribution < 1.29 is 40.0 Å². The average Bonchev–Trinajstić information content (AvgIpc) is 2.84. The highest BCUT2D eigenvalue weighted by atomic mass is 32.2. The zero-order chi connectivity index (χ0) is 26.3. The third-order valence-corrected chi connectivity index (χ3v) is 6.46. The van der Waals surface area contributed by atoms with E-state index in [0.29, 0.717) is 29.2 Å². The number of hydrogen-bond acceptors (Lipinski definition) is 6. The molecule has 1 aromatic heterocycles. The number of carbonyl (C=O) groups is 2. The molecule has 4 rings (SSSR count). The Labute approximate surface area is 199 Å². The van der Waals surface area contributed by atoms with Gasteiger partial charge in [-0.25, -0.2) is 17.2 Å². The first-order valence-corrected chi connectivity index (χ1v) is 11.3. The Kier molecular flexibility index (Phi) is 6.26. The third kappa shape index (κ3) is 4.64. The van der Waals surface area contributed by atoms with Crippen LogP contribution in [0.3, 0.4) is 0 Å². The molecular formula is C23H12F5N3O4S. The number of ketones is 1. The number of benzene rings is 3. The summed E-state index contributed by atoms with van der Waals surface area (Å²) in [6, 6.07) is 8.58. The Balaban J connectivity index is 1.66. The minimum Gasteiger partial charge on any atom is -0.322 e. The van der Waals surface area contributed by atoms with E-state index in [-0.39, 0.29) is 5.56 Å². The highest BCUT2D eigenvalue weighted by molar-refractivity contribution is 7.92. The maximum absolute atomic E-state index is 14.5. The van der Waals surface area contributed by atoms with Crippen LogP contribution in [0.1, 0.15) is 26.3 Å². The molecule has 0 aliphatic heterocycles. The molecule has 0 aliphatic rings. The summed E-state index contributed by atoms with van der Waals surface area (Å²) in [5, 5.41) is 2.12. The Bertz CT molecular complexity index is 1640. The van der Waals surface area contributed by atoms with Gasteiger partial charge in [-0.1, -0.05) is 6.07 Å². The number of hydrogen-bond donors (Lipinski definition) is 1. The molecule has 36 heavy (non-hydrogen) atoms. The van der Waals surface area contributed by atoms with Gasteiger partial charge in [-0.3, -0.25) is 19.6 Å². The van der Waals surface area contributed by atoms with Gasteiger partial charge in [-0.2, -0.15) is 13.2 Å². The molecule has 184 valence electrons. The van der Waals surface area contributed by atoms with E-state index in [0.717, 1.165) is 18.2 Å². The van der Waals surface area contributed by atoms with Crippen molar-refractivity contribution in [3.05, 3.63) is 95.3 Å². The fourth-order valence-corrected chi connectivity index (χ4v) is 4.03. The number of aromatic nitrogens is 2. The Morgan fingerprint density at radius 1 is 0.833 bits per heavy atom. The summed E-state index contributed by atoms with van der Waals surface area (Å²) in [5.41, 5.74) is -6.50. The number of amides is 1. The van der Waals surface area contributed by atoms with Crippen molar-refractivity contribution in [2.45, 2.75) is 10.4 Å². The number of fused-ring (bicyclic) bond motifs is 1. The Morgan fingerprint density at radius 2 is 1.53 bits per heavy atom. The second-order valence-corrected chi connectivity index (χ2v) is 9.28. The lowest BCUT2D eigenvalue weighted by Gasteiger charge is -2.11. The maximum atomic E-state index is 14.5. The highest BCUT2D eigenvalue weighted by Gasteiger charge is 2.47. The van der Waals surface area contributed by atoms with Crippen molar-refractivity contribution in [3.63, 3.8) is 0 Å². The van der Waals surface area contributed by atoms with Crippen LogP contribution in [0.4, 0.5) is 27.6 Å². The summed E-state index contributed by atoms with van der Waals surface area (Å²) in [7, 11) is -5.73. The van der Waals surface area contributed by atoms with Crippen LogP contribution in [0.5, 0.6) is 0 Å². The van der Waals surface area contributed by atoms with E-state index in [2.05, 4.69) is 15.3 Å². The molecule has 0 saturated heterocycles. The minimum atomic E-state index is -5.73. The summed E-state index contributed by atoms with van der Waals surface area (Å²) in [5.74, 6) is -5.03. The van der Waals surface area contributed by atoms with Gasteiger partial charge < -0.3 is 5.32 Å². The van der Waals surface area contributed by atoms with E-state index in [4.69, 9.17) is 0 Å². The van der Waals surface area contributed by atoms with Crippen molar-refractivity contribution in [2.24, 2.45) is 0 Å². The Morgan fingerprint density at radius 3 is 2.22 bits per heavy atom. The summed E-state index contributed by atoms with van der Waals surface area (Å²) < 4.78 is 90.4. The second-order valence-electron chi connectivity index (χ2n) is 7.34. The second kappa shape index (κ2) is 9.07. The molecule has 0 unspecified atom stereocenters. The fourth-order valence-electron chi connectivity index (χ4n) is 3.23. The Hall–Kier alpha value is -4.26. The number of alkyl halides is 3. The van der Waals surface area contributed by atoms with Crippen LogP contribution in [0.2, 0.25) is 0 Å². The van der Waals surface area contributed by atoms with E-state index in [1.165, 1.54) is 30.6 Å². The van der Waals surface area contributed by atoms with E-state index in [9.17, 15) is 40.0 Å². The molecule has 0 aliphatic carbocycles. The maximum Gasteiger partial charge on any atom is 0.501 e. The van der Waals surface area contributed by atoms with E-state index in [1.54, 1.807) is 0 Å². The van der Waals surface area contributed by atoms with Gasteiger partial charge in [0.25, 0.3) is 15.7 Å². The van der Waals surface area contributed by atoms with Crippen molar-refractivity contribution in [1.29, 1.82) is 0 Å². The molecule has 4 aromatic rings. The van der Waals surface area contributed by atoms with E-state index < -0.39 is 60.4 Å². The average molecular weight is 521 g/mol. The molecule has 0 spiro atoms. The number of anilines is 1. The van der Waals surface area contributed by atoms with Crippen molar-refractivity contribution >= 4 is 38.2 Å². The van der Waals surface area contributed by atoms with Crippen molar-refractivity contribution in [3.8, 4) is 0 Å². The number of carbonyl (C=O) groups excluding carboxylic acids is 2. The van der Waals surface area contributed by atoms with Gasteiger partial charge in [0.05, 0.1) is 21.5 Å². The van der Waals surface area contributed by atoms with Crippen molar-refractivity contribution in [1.82, 2.24) is 9.97 Å². The van der Waals surface area contributed by atoms with Gasteiger partial charge in [0.15, 0.2) is 17.4 Å². The van der Waals surface area contributed by atoms with E-state index in [1.807, 2.05) is 0 Å². The highest BCUT2D eigenvalue weighted by Crippen LogP contribution is 2.31. The monoisotopic (exact) mass is 521 g/mol. The van der Waals surface area contributed by atoms with Gasteiger partial charge in [-0.15, -0.1) is 0 Å². The third-order valence-electron chi connectivity index (χ3n) is 4.97. The summed E-state index contributed by atoms with van der Waals surface area (Å²) in [6.07, 6.45) is 2.81. The molecule has 0 radical (unpaired) electrons. The first-order valence-electron chi connectivity index (χ1n) is 9.86. The number of halogens is 5. The first kappa shape index (κ1) is 24.9. The fraction of sp³-hybridized carbons (Fsp3) is 0.0435. The van der Waals surface area contributed by atoms with Gasteiger partial charge in [0.1, 0.15) is 0 Å². The number of rotatable bonds is 5. The van der Waals surface area contributed by atoms with E-state index >= 15 is 0 Å². The quantitative estimate of drug-likeness (QED) is 0.302. The molecule has 0 fully saturated rings. The molecule has 0 saturated carbocycles. The molecular weight excluding hydrogens is 509 g/mol. The predicted octanol–water partition coefficient (Wildman–Crippen LogP) is 4.68. The van der Waals surface area contributed by atoms with Crippen LogP contribution in [-0.2, 0) is 9.84 Å². The molecule has 13 heteroatoms. The molecule has 0 bridgehead atoms. The van der Waals surface area contributed by atoms with Gasteiger partial charge in [0, 0.05) is 35.3 Å². The zero-order valence-electron chi connectivity index (χ0n) is 17.7. The number of nitrogens with one attached hydrogen (secondary N) is 1. The molecule has 0 atom stereocenters. The van der Waals surface area contributed by atoms with Crippen LogP contribution in [0, 0.1) is 11.6 Å². The molecule has 1 N–H and O–H groups in total. The largest absolute Gasteiger partial charge is 0.501 e. The van der Waals surface area contributed by atoms with Crippen LogP contribution >= 0.6 is 0 Å². The summed E-state index contributed by atoms with van der Waals surface area (Å²) >= 11 is 0. The molecule has 7 nitrogen and oxygen atoms in total. The summed E-state index contributed by atoms with van der Waals surface area (Å²) in [4.78, 5) is 32.3. The van der Waals surface area contributed by atoms with Gasteiger partial charge in [-0.05, 0) is 42.5 Å². The van der Waals surface area contributed by atoms with Crippen LogP contribution in [0.15, 0.2) is 71.9 Å². The molecule has 1 amide bonds. The standard InChI is InChI=1S/C23H12F5N3O4S/c24-17-11-14(31-22(33)13-2-1-3-15(8-13)36(34,35)23(26,27)28)10-16(20(17)25)21(32)12-4-5-18-19(9-12)30-7-6-29-18/h1-11H,(H,31,33). The topological polar surface area (TPSA) is 106 Å². The van der Waals surface area contributed by atoms with Gasteiger partial charge >= 0.3 is 5.51 Å². The lowest BCUT2D eigenvalue weighted by molar-refractivity contribution is -0.0436. The molecule has 3 aromatic carbocycles. The van der Waals surface area contributed by atoms with Crippen LogP contribution in [0.25, 0.3) is 11.0 Å². The smallest absolute Gasteiger partial charge is 0.322 e. The summed E-state index contributed by atoms with van der Waals surface area (Å²) in [6.45, 7) is 0. The normalized spacial score (nSPS) is 11.9. The number of sulfone groups is 1. The number of nitrogens with zero attached hydrogens (tertiary/aromatic N) is 2.